The first-order valence-corrected chi connectivity index (χ1v) is 6.41. The Hall–Kier alpha value is -1.93. The molecule has 0 aromatic carbocycles. The lowest BCUT2D eigenvalue weighted by atomic mass is 10.2. The van der Waals surface area contributed by atoms with Crippen LogP contribution in [0.1, 0.15) is 12.5 Å². The van der Waals surface area contributed by atoms with E-state index in [-0.39, 0.29) is 12.5 Å². The maximum atomic E-state index is 11.8. The van der Waals surface area contributed by atoms with Crippen molar-refractivity contribution in [3.8, 4) is 0 Å². The van der Waals surface area contributed by atoms with Crippen LogP contribution in [0, 0.1) is 0 Å². The van der Waals surface area contributed by atoms with E-state index in [4.69, 9.17) is 10.6 Å². The summed E-state index contributed by atoms with van der Waals surface area (Å²) in [6, 6.07) is 0. The second-order valence-corrected chi connectivity index (χ2v) is 4.22. The molecule has 0 bridgehead atoms. The first kappa shape index (κ1) is 16.1. The molecule has 1 amide bonds. The molecule has 0 aliphatic rings. The van der Waals surface area contributed by atoms with Crippen LogP contribution >= 0.6 is 0 Å². The second-order valence-electron chi connectivity index (χ2n) is 4.22. The summed E-state index contributed by atoms with van der Waals surface area (Å²) in [5.41, 5.74) is 3.42. The molecule has 0 fully saturated rings. The third-order valence-electron chi connectivity index (χ3n) is 2.78. The first-order valence-electron chi connectivity index (χ1n) is 6.41. The molecular formula is C12H22N6O2. The lowest BCUT2D eigenvalue weighted by Gasteiger charge is -2.21. The van der Waals surface area contributed by atoms with Gasteiger partial charge in [0.25, 0.3) is 0 Å². The standard InChI is InChI=1S/C12H22N6O2/c1-4-9-11(17-13)15-8-16-12(9)18(2)7-10(19)14-5-6-20-3/h8H,4-7,13H2,1-3H3,(H,14,19)(H,15,16,17). The van der Waals surface area contributed by atoms with E-state index in [9.17, 15) is 4.79 Å². The third-order valence-corrected chi connectivity index (χ3v) is 2.78. The number of methoxy groups -OCH3 is 1. The molecule has 1 aromatic heterocycles. The molecular weight excluding hydrogens is 260 g/mol. The van der Waals surface area contributed by atoms with Gasteiger partial charge in [-0.15, -0.1) is 0 Å². The zero-order valence-electron chi connectivity index (χ0n) is 12.1. The summed E-state index contributed by atoms with van der Waals surface area (Å²) in [6.07, 6.45) is 2.13. The molecule has 8 nitrogen and oxygen atoms in total. The summed E-state index contributed by atoms with van der Waals surface area (Å²) in [5, 5.41) is 2.76. The summed E-state index contributed by atoms with van der Waals surface area (Å²) < 4.78 is 4.88. The highest BCUT2D eigenvalue weighted by Gasteiger charge is 2.15. The van der Waals surface area contributed by atoms with Gasteiger partial charge in [0.2, 0.25) is 5.91 Å². The number of likely N-dealkylation sites (N-methyl/N-ethyl adjacent to an activating group) is 1. The lowest BCUT2D eigenvalue weighted by molar-refractivity contribution is -0.119. The van der Waals surface area contributed by atoms with E-state index < -0.39 is 0 Å². The largest absolute Gasteiger partial charge is 0.383 e. The molecule has 0 unspecified atom stereocenters. The van der Waals surface area contributed by atoms with Crippen LogP contribution in [0.3, 0.4) is 0 Å². The van der Waals surface area contributed by atoms with Gasteiger partial charge >= 0.3 is 0 Å². The molecule has 0 saturated carbocycles. The van der Waals surface area contributed by atoms with Gasteiger partial charge in [0.1, 0.15) is 18.0 Å². The molecule has 20 heavy (non-hydrogen) atoms. The van der Waals surface area contributed by atoms with Crippen LogP contribution in [-0.2, 0) is 16.0 Å². The van der Waals surface area contributed by atoms with E-state index in [1.807, 2.05) is 6.92 Å². The summed E-state index contributed by atoms with van der Waals surface area (Å²) in [7, 11) is 3.39. The van der Waals surface area contributed by atoms with Crippen molar-refractivity contribution >= 4 is 17.5 Å². The topological polar surface area (TPSA) is 105 Å². The van der Waals surface area contributed by atoms with E-state index in [1.54, 1.807) is 19.1 Å². The smallest absolute Gasteiger partial charge is 0.239 e. The molecule has 0 spiro atoms. The predicted octanol–water partition coefficient (Wildman–Crippen LogP) is -0.477. The van der Waals surface area contributed by atoms with Gasteiger partial charge in [-0.2, -0.15) is 0 Å². The van der Waals surface area contributed by atoms with Gasteiger partial charge in [-0.05, 0) is 6.42 Å². The number of aromatic nitrogens is 2. The number of ether oxygens (including phenoxy) is 1. The highest BCUT2D eigenvalue weighted by molar-refractivity contribution is 5.81. The number of nitrogen functional groups attached to an aromatic ring is 1. The van der Waals surface area contributed by atoms with Crippen molar-refractivity contribution < 1.29 is 9.53 Å². The van der Waals surface area contributed by atoms with Gasteiger partial charge in [0.15, 0.2) is 0 Å². The Labute approximate surface area is 118 Å². The average Bonchev–Trinajstić information content (AvgIpc) is 2.46. The van der Waals surface area contributed by atoms with Gasteiger partial charge < -0.3 is 20.4 Å². The number of nitrogens with two attached hydrogens (primary N) is 1. The summed E-state index contributed by atoms with van der Waals surface area (Å²) >= 11 is 0. The Balaban J connectivity index is 2.72. The monoisotopic (exact) mass is 282 g/mol. The van der Waals surface area contributed by atoms with Gasteiger partial charge in [-0.25, -0.2) is 15.8 Å². The number of hydrogen-bond donors (Lipinski definition) is 3. The van der Waals surface area contributed by atoms with Crippen molar-refractivity contribution in [1.29, 1.82) is 0 Å². The number of anilines is 2. The molecule has 1 aromatic rings. The maximum absolute atomic E-state index is 11.8. The fraction of sp³-hybridized carbons (Fsp3) is 0.583. The van der Waals surface area contributed by atoms with Crippen molar-refractivity contribution in [3.05, 3.63) is 11.9 Å². The van der Waals surface area contributed by atoms with E-state index in [1.165, 1.54) is 6.33 Å². The Morgan fingerprint density at radius 2 is 2.25 bits per heavy atom. The van der Waals surface area contributed by atoms with Crippen molar-refractivity contribution in [2.24, 2.45) is 5.84 Å². The van der Waals surface area contributed by atoms with Gasteiger partial charge in [0, 0.05) is 26.3 Å². The Morgan fingerprint density at radius 1 is 1.50 bits per heavy atom. The van der Waals surface area contributed by atoms with E-state index in [0.29, 0.717) is 31.2 Å². The number of carbonyl (C=O) groups is 1. The molecule has 0 radical (unpaired) electrons. The van der Waals surface area contributed by atoms with Crippen molar-refractivity contribution in [1.82, 2.24) is 15.3 Å². The number of hydrazine groups is 1. The van der Waals surface area contributed by atoms with Crippen LogP contribution < -0.4 is 21.5 Å². The fourth-order valence-corrected chi connectivity index (χ4v) is 1.82. The van der Waals surface area contributed by atoms with Crippen LogP contribution in [-0.4, -0.2) is 49.7 Å². The number of amides is 1. The first-order chi connectivity index (χ1) is 9.63. The SMILES string of the molecule is CCc1c(NN)ncnc1N(C)CC(=O)NCCOC. The Bertz CT molecular complexity index is 440. The van der Waals surface area contributed by atoms with E-state index >= 15 is 0 Å². The summed E-state index contributed by atoms with van der Waals surface area (Å²) in [5.74, 6) is 6.60. The molecule has 0 aliphatic carbocycles. The van der Waals surface area contributed by atoms with E-state index in [0.717, 1.165) is 5.56 Å². The normalized spacial score (nSPS) is 10.2. The summed E-state index contributed by atoms with van der Waals surface area (Å²) in [4.78, 5) is 21.8. The van der Waals surface area contributed by atoms with Crippen molar-refractivity contribution in [2.75, 3.05) is 44.2 Å². The molecule has 0 saturated heterocycles. The average molecular weight is 282 g/mol. The highest BCUT2D eigenvalue weighted by atomic mass is 16.5. The Morgan fingerprint density at radius 3 is 2.85 bits per heavy atom. The molecule has 0 aliphatic heterocycles. The lowest BCUT2D eigenvalue weighted by Crippen LogP contribution is -2.37. The van der Waals surface area contributed by atoms with Crippen LogP contribution in [0.25, 0.3) is 0 Å². The van der Waals surface area contributed by atoms with Crippen LogP contribution in [0.5, 0.6) is 0 Å². The second kappa shape index (κ2) is 8.28. The van der Waals surface area contributed by atoms with Crippen molar-refractivity contribution in [3.63, 3.8) is 0 Å². The van der Waals surface area contributed by atoms with Crippen LogP contribution in [0.15, 0.2) is 6.33 Å². The number of rotatable bonds is 8. The zero-order valence-corrected chi connectivity index (χ0v) is 12.1. The molecule has 0 atom stereocenters. The highest BCUT2D eigenvalue weighted by Crippen LogP contribution is 2.22. The van der Waals surface area contributed by atoms with Crippen molar-refractivity contribution in [2.45, 2.75) is 13.3 Å². The van der Waals surface area contributed by atoms with Crippen LogP contribution in [0.4, 0.5) is 11.6 Å². The quantitative estimate of drug-likeness (QED) is 0.336. The number of carbonyl (C=O) groups excluding carboxylic acids is 1. The molecule has 8 heteroatoms. The Kier molecular flexibility index (Phi) is 6.68. The van der Waals surface area contributed by atoms with Crippen LogP contribution in [0.2, 0.25) is 0 Å². The van der Waals surface area contributed by atoms with Gasteiger partial charge in [-0.3, -0.25) is 4.79 Å². The van der Waals surface area contributed by atoms with Gasteiger partial charge in [-0.1, -0.05) is 6.92 Å². The fourth-order valence-electron chi connectivity index (χ4n) is 1.82. The minimum atomic E-state index is -0.0903. The number of nitrogens with one attached hydrogen (secondary N) is 2. The number of hydrogen-bond acceptors (Lipinski definition) is 7. The third kappa shape index (κ3) is 4.32. The predicted molar refractivity (Wildman–Crippen MR) is 77.4 cm³/mol. The molecule has 1 heterocycles. The molecule has 1 rings (SSSR count). The molecule has 4 N–H and O–H groups in total. The zero-order chi connectivity index (χ0) is 15.0. The minimum absolute atomic E-state index is 0.0903. The maximum Gasteiger partial charge on any atom is 0.239 e. The molecule has 112 valence electrons. The summed E-state index contributed by atoms with van der Waals surface area (Å²) in [6.45, 7) is 3.17. The van der Waals surface area contributed by atoms with Gasteiger partial charge in [0.05, 0.1) is 13.2 Å². The minimum Gasteiger partial charge on any atom is -0.383 e. The van der Waals surface area contributed by atoms with E-state index in [2.05, 4.69) is 20.7 Å². The number of nitrogens with zero attached hydrogens (tertiary/aromatic N) is 3.